The van der Waals surface area contributed by atoms with Crippen LogP contribution in [0.25, 0.3) is 6.08 Å². The van der Waals surface area contributed by atoms with Gasteiger partial charge in [-0.2, -0.15) is 4.31 Å². The summed E-state index contributed by atoms with van der Waals surface area (Å²) in [6.07, 6.45) is 3.25. The molecule has 1 aromatic carbocycles. The van der Waals surface area contributed by atoms with Crippen LogP contribution >= 0.6 is 22.9 Å². The maximum Gasteiger partial charge on any atom is 0.246 e. The minimum atomic E-state index is -3.51. The molecule has 1 fully saturated rings. The molecule has 1 aliphatic heterocycles. The highest BCUT2D eigenvalue weighted by atomic mass is 35.5. The van der Waals surface area contributed by atoms with E-state index < -0.39 is 10.0 Å². The van der Waals surface area contributed by atoms with Crippen LogP contribution < -0.4 is 0 Å². The topological polar surface area (TPSA) is 57.7 Å². The lowest BCUT2D eigenvalue weighted by atomic mass is 10.2. The van der Waals surface area contributed by atoms with Gasteiger partial charge in [0.15, 0.2) is 0 Å². The lowest BCUT2D eigenvalue weighted by Gasteiger charge is -2.33. The van der Waals surface area contributed by atoms with Crippen LogP contribution in [-0.4, -0.2) is 49.7 Å². The first kappa shape index (κ1) is 20.1. The first-order valence-electron chi connectivity index (χ1n) is 8.57. The van der Waals surface area contributed by atoms with Crippen LogP contribution in [0.15, 0.2) is 41.3 Å². The van der Waals surface area contributed by atoms with E-state index in [1.54, 1.807) is 29.2 Å². The molecule has 1 aromatic heterocycles. The molecule has 0 radical (unpaired) electrons. The largest absolute Gasteiger partial charge is 0.337 e. The molecule has 0 atom stereocenters. The minimum Gasteiger partial charge on any atom is -0.337 e. The average molecular weight is 425 g/mol. The standard InChI is InChI=1S/C19H21ClN2O3S2/c1-14-13-18(15(2)26-14)27(24,25)22-11-9-21(10-12-22)19(23)8-5-16-3-6-17(20)7-4-16/h3-8,13H,9-12H2,1-2H3. The number of amides is 1. The number of aryl methyl sites for hydroxylation is 2. The van der Waals surface area contributed by atoms with Crippen molar-refractivity contribution in [3.05, 3.63) is 56.7 Å². The van der Waals surface area contributed by atoms with E-state index in [1.165, 1.54) is 21.7 Å². The third-order valence-corrected chi connectivity index (χ3v) is 7.82. The molecule has 1 aliphatic rings. The summed E-state index contributed by atoms with van der Waals surface area (Å²) in [6, 6.07) is 8.93. The van der Waals surface area contributed by atoms with E-state index in [0.29, 0.717) is 36.1 Å². The van der Waals surface area contributed by atoms with Crippen molar-refractivity contribution in [2.24, 2.45) is 0 Å². The number of carbonyl (C=O) groups excluding carboxylic acids is 1. The van der Waals surface area contributed by atoms with Gasteiger partial charge in [0, 0.05) is 47.0 Å². The number of piperazine rings is 1. The van der Waals surface area contributed by atoms with Crippen LogP contribution in [0.3, 0.4) is 0 Å². The van der Waals surface area contributed by atoms with Gasteiger partial charge in [0.1, 0.15) is 0 Å². The van der Waals surface area contributed by atoms with Crippen molar-refractivity contribution in [1.82, 2.24) is 9.21 Å². The second-order valence-electron chi connectivity index (χ2n) is 6.39. The quantitative estimate of drug-likeness (QED) is 0.705. The van der Waals surface area contributed by atoms with Gasteiger partial charge in [-0.1, -0.05) is 23.7 Å². The number of sulfonamides is 1. The number of nitrogens with zero attached hydrogens (tertiary/aromatic N) is 2. The third-order valence-electron chi connectivity index (χ3n) is 4.45. The van der Waals surface area contributed by atoms with Crippen molar-refractivity contribution in [1.29, 1.82) is 0 Å². The van der Waals surface area contributed by atoms with Crippen LogP contribution in [0, 0.1) is 13.8 Å². The molecule has 5 nitrogen and oxygen atoms in total. The monoisotopic (exact) mass is 424 g/mol. The van der Waals surface area contributed by atoms with Gasteiger partial charge in [-0.3, -0.25) is 4.79 Å². The summed E-state index contributed by atoms with van der Waals surface area (Å²) >= 11 is 7.33. The van der Waals surface area contributed by atoms with E-state index in [-0.39, 0.29) is 5.91 Å². The fourth-order valence-electron chi connectivity index (χ4n) is 3.00. The van der Waals surface area contributed by atoms with Gasteiger partial charge in [-0.05, 0) is 43.7 Å². The number of benzene rings is 1. The van der Waals surface area contributed by atoms with Gasteiger partial charge in [-0.15, -0.1) is 11.3 Å². The highest BCUT2D eigenvalue weighted by Gasteiger charge is 2.31. The molecular weight excluding hydrogens is 404 g/mol. The average Bonchev–Trinajstić information content (AvgIpc) is 3.00. The molecule has 0 spiro atoms. The van der Waals surface area contributed by atoms with Gasteiger partial charge in [0.25, 0.3) is 0 Å². The van der Waals surface area contributed by atoms with Crippen LogP contribution in [0.1, 0.15) is 15.3 Å². The van der Waals surface area contributed by atoms with Crippen molar-refractivity contribution in [3.8, 4) is 0 Å². The Morgan fingerprint density at radius 1 is 1.11 bits per heavy atom. The molecule has 8 heteroatoms. The highest BCUT2D eigenvalue weighted by Crippen LogP contribution is 2.28. The second-order valence-corrected chi connectivity index (χ2v) is 10.2. The van der Waals surface area contributed by atoms with Crippen molar-refractivity contribution >= 4 is 44.9 Å². The molecule has 0 aliphatic carbocycles. The highest BCUT2D eigenvalue weighted by molar-refractivity contribution is 7.89. The number of hydrogen-bond acceptors (Lipinski definition) is 4. The normalized spacial score (nSPS) is 16.2. The minimum absolute atomic E-state index is 0.121. The molecule has 0 unspecified atom stereocenters. The Kier molecular flexibility index (Phi) is 6.05. The smallest absolute Gasteiger partial charge is 0.246 e. The summed E-state index contributed by atoms with van der Waals surface area (Å²) in [7, 11) is -3.51. The Labute approximate surface area is 168 Å². The zero-order valence-corrected chi connectivity index (χ0v) is 17.6. The Hall–Kier alpha value is -1.67. The van der Waals surface area contributed by atoms with E-state index in [0.717, 1.165) is 15.3 Å². The van der Waals surface area contributed by atoms with Gasteiger partial charge < -0.3 is 4.90 Å². The lowest BCUT2D eigenvalue weighted by Crippen LogP contribution is -2.50. The third kappa shape index (κ3) is 4.60. The number of hydrogen-bond donors (Lipinski definition) is 0. The predicted octanol–water partition coefficient (Wildman–Crippen LogP) is 3.56. The summed E-state index contributed by atoms with van der Waals surface area (Å²) in [4.78, 5) is 16.2. The Bertz CT molecular complexity index is 957. The van der Waals surface area contributed by atoms with Gasteiger partial charge >= 0.3 is 0 Å². The molecule has 27 heavy (non-hydrogen) atoms. The van der Waals surface area contributed by atoms with Crippen molar-refractivity contribution in [2.45, 2.75) is 18.7 Å². The summed E-state index contributed by atoms with van der Waals surface area (Å²) in [5.41, 5.74) is 0.886. The van der Waals surface area contributed by atoms with E-state index in [9.17, 15) is 13.2 Å². The number of carbonyl (C=O) groups is 1. The SMILES string of the molecule is Cc1cc(S(=O)(=O)N2CCN(C(=O)C=Cc3ccc(Cl)cc3)CC2)c(C)s1. The zero-order valence-electron chi connectivity index (χ0n) is 15.2. The van der Waals surface area contributed by atoms with E-state index >= 15 is 0 Å². The maximum atomic E-state index is 12.8. The number of halogens is 1. The van der Waals surface area contributed by atoms with Gasteiger partial charge in [-0.25, -0.2) is 8.42 Å². The second kappa shape index (κ2) is 8.14. The number of thiophene rings is 1. The summed E-state index contributed by atoms with van der Waals surface area (Å²) in [5, 5.41) is 0.645. The zero-order chi connectivity index (χ0) is 19.6. The predicted molar refractivity (Wildman–Crippen MR) is 110 cm³/mol. The molecule has 3 rings (SSSR count). The van der Waals surface area contributed by atoms with Crippen molar-refractivity contribution in [3.63, 3.8) is 0 Å². The van der Waals surface area contributed by atoms with Crippen LogP contribution in [0.2, 0.25) is 5.02 Å². The molecule has 2 heterocycles. The van der Waals surface area contributed by atoms with Crippen LogP contribution in [0.4, 0.5) is 0 Å². The van der Waals surface area contributed by atoms with Crippen LogP contribution in [0.5, 0.6) is 0 Å². The first-order valence-corrected chi connectivity index (χ1v) is 11.2. The van der Waals surface area contributed by atoms with E-state index in [2.05, 4.69) is 0 Å². The molecular formula is C19H21ClN2O3S2. The lowest BCUT2D eigenvalue weighted by molar-refractivity contribution is -0.127. The van der Waals surface area contributed by atoms with Crippen molar-refractivity contribution in [2.75, 3.05) is 26.2 Å². The van der Waals surface area contributed by atoms with E-state index in [1.807, 2.05) is 26.0 Å². The molecule has 1 amide bonds. The molecule has 2 aromatic rings. The Morgan fingerprint density at radius 2 is 1.74 bits per heavy atom. The summed E-state index contributed by atoms with van der Waals surface area (Å²) < 4.78 is 27.1. The Morgan fingerprint density at radius 3 is 2.30 bits per heavy atom. The van der Waals surface area contributed by atoms with Gasteiger partial charge in [0.05, 0.1) is 4.90 Å². The summed E-state index contributed by atoms with van der Waals surface area (Å²) in [5.74, 6) is -0.121. The van der Waals surface area contributed by atoms with E-state index in [4.69, 9.17) is 11.6 Å². The first-order chi connectivity index (χ1) is 12.8. The molecule has 0 N–H and O–H groups in total. The molecule has 1 saturated heterocycles. The maximum absolute atomic E-state index is 12.8. The van der Waals surface area contributed by atoms with Crippen LogP contribution in [-0.2, 0) is 14.8 Å². The fourth-order valence-corrected chi connectivity index (χ4v) is 6.07. The Balaban J connectivity index is 1.62. The molecule has 144 valence electrons. The van der Waals surface area contributed by atoms with Crippen molar-refractivity contribution < 1.29 is 13.2 Å². The summed E-state index contributed by atoms with van der Waals surface area (Å²) in [6.45, 7) is 5.09. The molecule has 0 bridgehead atoms. The van der Waals surface area contributed by atoms with Gasteiger partial charge in [0.2, 0.25) is 15.9 Å². The fraction of sp³-hybridized carbons (Fsp3) is 0.316. The molecule has 0 saturated carbocycles. The number of rotatable bonds is 4.